The normalized spacial score (nSPS) is 30.6. The van der Waals surface area contributed by atoms with Crippen LogP contribution in [0.2, 0.25) is 0 Å². The Morgan fingerprint density at radius 3 is 2.40 bits per heavy atom. The van der Waals surface area contributed by atoms with Gasteiger partial charge in [0.2, 0.25) is 0 Å². The van der Waals surface area contributed by atoms with Gasteiger partial charge in [0.15, 0.2) is 0 Å². The fraction of sp³-hybridized carbons (Fsp3) is 0.474. The second-order valence-corrected chi connectivity index (χ2v) is 6.89. The zero-order chi connectivity index (χ0) is 14.2. The van der Waals surface area contributed by atoms with Crippen LogP contribution in [-0.2, 0) is 6.42 Å². The molecule has 3 rings (SSSR count). The first-order valence-electron chi connectivity index (χ1n) is 7.75. The van der Waals surface area contributed by atoms with Crippen molar-refractivity contribution >= 4 is 10.8 Å². The molecule has 0 aromatic heterocycles. The maximum atomic E-state index is 11.0. The van der Waals surface area contributed by atoms with Crippen molar-refractivity contribution in [2.24, 2.45) is 11.8 Å². The standard InChI is InChI=1S/C19H24O/c1-14-10-15(2)12-19(20,11-14)13-17-8-5-7-16-6-3-4-9-18(16)17/h3-9,14-15,20H,10-13H2,1-2H3. The van der Waals surface area contributed by atoms with E-state index in [9.17, 15) is 5.11 Å². The van der Waals surface area contributed by atoms with Crippen LogP contribution in [0.4, 0.5) is 0 Å². The topological polar surface area (TPSA) is 20.2 Å². The van der Waals surface area contributed by atoms with Crippen molar-refractivity contribution in [1.82, 2.24) is 0 Å². The first-order chi connectivity index (χ1) is 9.56. The average Bonchev–Trinajstić information content (AvgIpc) is 2.37. The first-order valence-corrected chi connectivity index (χ1v) is 7.75. The summed E-state index contributed by atoms with van der Waals surface area (Å²) in [6, 6.07) is 14.9. The van der Waals surface area contributed by atoms with E-state index in [0.29, 0.717) is 11.8 Å². The van der Waals surface area contributed by atoms with Crippen LogP contribution in [0.3, 0.4) is 0 Å². The molecule has 1 saturated carbocycles. The van der Waals surface area contributed by atoms with E-state index in [1.165, 1.54) is 22.8 Å². The molecule has 2 atom stereocenters. The van der Waals surface area contributed by atoms with Gasteiger partial charge in [0.05, 0.1) is 5.60 Å². The molecule has 0 spiro atoms. The smallest absolute Gasteiger partial charge is 0.0693 e. The quantitative estimate of drug-likeness (QED) is 0.846. The van der Waals surface area contributed by atoms with Crippen molar-refractivity contribution in [3.05, 3.63) is 48.0 Å². The second-order valence-electron chi connectivity index (χ2n) is 6.89. The summed E-state index contributed by atoms with van der Waals surface area (Å²) in [5.41, 5.74) is 0.758. The largest absolute Gasteiger partial charge is 0.390 e. The predicted molar refractivity (Wildman–Crippen MR) is 84.8 cm³/mol. The van der Waals surface area contributed by atoms with Crippen LogP contribution in [-0.4, -0.2) is 10.7 Å². The van der Waals surface area contributed by atoms with Gasteiger partial charge < -0.3 is 5.11 Å². The summed E-state index contributed by atoms with van der Waals surface area (Å²) in [5, 5.41) is 13.6. The number of benzene rings is 2. The van der Waals surface area contributed by atoms with Crippen LogP contribution in [0, 0.1) is 11.8 Å². The number of rotatable bonds is 2. The first kappa shape index (κ1) is 13.6. The summed E-state index contributed by atoms with van der Waals surface area (Å²) in [4.78, 5) is 0. The summed E-state index contributed by atoms with van der Waals surface area (Å²) >= 11 is 0. The van der Waals surface area contributed by atoms with Gasteiger partial charge in [-0.15, -0.1) is 0 Å². The minimum atomic E-state index is -0.527. The molecule has 1 nitrogen and oxygen atoms in total. The van der Waals surface area contributed by atoms with E-state index in [4.69, 9.17) is 0 Å². The molecule has 0 saturated heterocycles. The van der Waals surface area contributed by atoms with Gasteiger partial charge in [-0.2, -0.15) is 0 Å². The van der Waals surface area contributed by atoms with Crippen molar-refractivity contribution in [3.63, 3.8) is 0 Å². The lowest BCUT2D eigenvalue weighted by atomic mass is 9.71. The fourth-order valence-electron chi connectivity index (χ4n) is 4.18. The van der Waals surface area contributed by atoms with E-state index in [-0.39, 0.29) is 0 Å². The Hall–Kier alpha value is -1.34. The third-order valence-electron chi connectivity index (χ3n) is 4.66. The maximum Gasteiger partial charge on any atom is 0.0693 e. The second kappa shape index (κ2) is 5.21. The summed E-state index contributed by atoms with van der Waals surface area (Å²) in [6.07, 6.45) is 3.89. The zero-order valence-electron chi connectivity index (χ0n) is 12.5. The van der Waals surface area contributed by atoms with Gasteiger partial charge in [-0.3, -0.25) is 0 Å². The van der Waals surface area contributed by atoms with Gasteiger partial charge >= 0.3 is 0 Å². The van der Waals surface area contributed by atoms with Crippen molar-refractivity contribution < 1.29 is 5.11 Å². The zero-order valence-corrected chi connectivity index (χ0v) is 12.5. The van der Waals surface area contributed by atoms with E-state index in [1.807, 2.05) is 0 Å². The Kier molecular flexibility index (Phi) is 3.55. The molecule has 1 aliphatic rings. The highest BCUT2D eigenvalue weighted by Gasteiger charge is 2.36. The van der Waals surface area contributed by atoms with Crippen LogP contribution >= 0.6 is 0 Å². The molecular weight excluding hydrogens is 244 g/mol. The summed E-state index contributed by atoms with van der Waals surface area (Å²) in [7, 11) is 0. The van der Waals surface area contributed by atoms with Crippen molar-refractivity contribution in [2.45, 2.75) is 45.1 Å². The summed E-state index contributed by atoms with van der Waals surface area (Å²) in [5.74, 6) is 1.25. The Morgan fingerprint density at radius 2 is 1.65 bits per heavy atom. The monoisotopic (exact) mass is 268 g/mol. The molecule has 1 fully saturated rings. The molecule has 0 heterocycles. The molecule has 0 bridgehead atoms. The van der Waals surface area contributed by atoms with Gasteiger partial charge in [0, 0.05) is 6.42 Å². The minimum Gasteiger partial charge on any atom is -0.390 e. The van der Waals surface area contributed by atoms with Crippen molar-refractivity contribution in [2.75, 3.05) is 0 Å². The fourth-order valence-corrected chi connectivity index (χ4v) is 4.18. The van der Waals surface area contributed by atoms with Crippen molar-refractivity contribution in [1.29, 1.82) is 0 Å². The van der Waals surface area contributed by atoms with Crippen LogP contribution in [0.15, 0.2) is 42.5 Å². The van der Waals surface area contributed by atoms with Gasteiger partial charge in [-0.05, 0) is 47.4 Å². The predicted octanol–water partition coefficient (Wildman–Crippen LogP) is 4.57. The Labute approximate surface area is 121 Å². The number of hydrogen-bond acceptors (Lipinski definition) is 1. The van der Waals surface area contributed by atoms with Crippen molar-refractivity contribution in [3.8, 4) is 0 Å². The van der Waals surface area contributed by atoms with Gasteiger partial charge in [-0.1, -0.05) is 56.3 Å². The lowest BCUT2D eigenvalue weighted by Crippen LogP contribution is -2.39. The molecule has 2 unspecified atom stereocenters. The highest BCUT2D eigenvalue weighted by molar-refractivity contribution is 5.85. The van der Waals surface area contributed by atoms with E-state index >= 15 is 0 Å². The van der Waals surface area contributed by atoms with E-state index in [2.05, 4.69) is 56.3 Å². The molecule has 2 aromatic rings. The Morgan fingerprint density at radius 1 is 1.00 bits per heavy atom. The number of fused-ring (bicyclic) bond motifs is 1. The van der Waals surface area contributed by atoms with Crippen LogP contribution in [0.1, 0.15) is 38.7 Å². The summed E-state index contributed by atoms with van der Waals surface area (Å²) in [6.45, 7) is 4.54. The lowest BCUT2D eigenvalue weighted by Gasteiger charge is -2.39. The Bertz CT molecular complexity index is 586. The molecule has 0 radical (unpaired) electrons. The maximum absolute atomic E-state index is 11.0. The highest BCUT2D eigenvalue weighted by Crippen LogP contribution is 2.38. The Balaban J connectivity index is 1.92. The molecule has 1 aliphatic carbocycles. The van der Waals surface area contributed by atoms with E-state index in [1.54, 1.807) is 0 Å². The SMILES string of the molecule is CC1CC(C)CC(O)(Cc2cccc3ccccc23)C1. The molecule has 1 N–H and O–H groups in total. The van der Waals surface area contributed by atoms with Crippen LogP contribution in [0.25, 0.3) is 10.8 Å². The molecular formula is C19H24O. The number of hydrogen-bond donors (Lipinski definition) is 1. The minimum absolute atomic E-state index is 0.527. The molecule has 1 heteroatoms. The molecule has 106 valence electrons. The van der Waals surface area contributed by atoms with E-state index in [0.717, 1.165) is 19.3 Å². The molecule has 0 aliphatic heterocycles. The third kappa shape index (κ3) is 2.73. The van der Waals surface area contributed by atoms with Gasteiger partial charge in [-0.25, -0.2) is 0 Å². The molecule has 20 heavy (non-hydrogen) atoms. The highest BCUT2D eigenvalue weighted by atomic mass is 16.3. The van der Waals surface area contributed by atoms with Gasteiger partial charge in [0.1, 0.15) is 0 Å². The van der Waals surface area contributed by atoms with Crippen LogP contribution < -0.4 is 0 Å². The summed E-state index contributed by atoms with van der Waals surface area (Å²) < 4.78 is 0. The van der Waals surface area contributed by atoms with Gasteiger partial charge in [0.25, 0.3) is 0 Å². The number of aliphatic hydroxyl groups is 1. The molecule has 2 aromatic carbocycles. The third-order valence-corrected chi connectivity index (χ3v) is 4.66. The lowest BCUT2D eigenvalue weighted by molar-refractivity contribution is -0.0302. The van der Waals surface area contributed by atoms with Crippen LogP contribution in [0.5, 0.6) is 0 Å². The average molecular weight is 268 g/mol. The molecule has 0 amide bonds. The van der Waals surface area contributed by atoms with E-state index < -0.39 is 5.60 Å².